The van der Waals surface area contributed by atoms with Crippen molar-refractivity contribution in [3.05, 3.63) is 69.2 Å². The predicted molar refractivity (Wildman–Crippen MR) is 95.7 cm³/mol. The lowest BCUT2D eigenvalue weighted by molar-refractivity contribution is -0.121. The van der Waals surface area contributed by atoms with Crippen LogP contribution in [0.1, 0.15) is 41.7 Å². The molecule has 0 fully saturated rings. The van der Waals surface area contributed by atoms with Gasteiger partial charge in [0, 0.05) is 27.9 Å². The smallest absolute Gasteiger partial charge is 0.220 e. The summed E-state index contributed by atoms with van der Waals surface area (Å²) in [5.74, 6) is -0.207. The molecule has 0 saturated carbocycles. The molecule has 2 rings (SSSR count). The molecule has 2 aromatic rings. The molecule has 1 amide bonds. The quantitative estimate of drug-likeness (QED) is 0.705. The third-order valence-electron chi connectivity index (χ3n) is 3.49. The average Bonchev–Trinajstić information content (AvgIpc) is 2.53. The van der Waals surface area contributed by atoms with Crippen LogP contribution in [0.3, 0.4) is 0 Å². The minimum Gasteiger partial charge on any atom is -0.350 e. The second kappa shape index (κ2) is 8.27. The molecule has 3 nitrogen and oxygen atoms in total. The number of nitrogens with one attached hydrogen (secondary N) is 1. The van der Waals surface area contributed by atoms with E-state index in [4.69, 9.17) is 11.6 Å². The van der Waals surface area contributed by atoms with Crippen LogP contribution in [0.15, 0.2) is 53.0 Å². The summed E-state index contributed by atoms with van der Waals surface area (Å²) < 4.78 is 0.917. The van der Waals surface area contributed by atoms with Gasteiger partial charge in [0.2, 0.25) is 5.91 Å². The maximum atomic E-state index is 12.1. The summed E-state index contributed by atoms with van der Waals surface area (Å²) in [5, 5.41) is 3.49. The number of halogens is 2. The van der Waals surface area contributed by atoms with Crippen LogP contribution in [-0.4, -0.2) is 11.7 Å². The van der Waals surface area contributed by atoms with E-state index < -0.39 is 0 Å². The fourth-order valence-corrected chi connectivity index (χ4v) is 2.79. The highest BCUT2D eigenvalue weighted by molar-refractivity contribution is 9.10. The fourth-order valence-electron chi connectivity index (χ4n) is 2.22. The summed E-state index contributed by atoms with van der Waals surface area (Å²) in [6.07, 6.45) is 0.340. The summed E-state index contributed by atoms with van der Waals surface area (Å²) in [7, 11) is 0. The van der Waals surface area contributed by atoms with Crippen LogP contribution in [0.25, 0.3) is 0 Å². The monoisotopic (exact) mass is 393 g/mol. The van der Waals surface area contributed by atoms with Crippen molar-refractivity contribution in [1.82, 2.24) is 5.32 Å². The average molecular weight is 395 g/mol. The van der Waals surface area contributed by atoms with Gasteiger partial charge >= 0.3 is 0 Å². The molecule has 0 radical (unpaired) electrons. The van der Waals surface area contributed by atoms with E-state index in [2.05, 4.69) is 21.2 Å². The first-order valence-corrected chi connectivity index (χ1v) is 8.47. The lowest BCUT2D eigenvalue weighted by Crippen LogP contribution is -2.27. The molecule has 0 aliphatic carbocycles. The van der Waals surface area contributed by atoms with Gasteiger partial charge in [-0.15, -0.1) is 0 Å². The fraction of sp³-hybridized carbons (Fsp3) is 0.222. The van der Waals surface area contributed by atoms with Crippen LogP contribution in [0, 0.1) is 0 Å². The number of carbonyl (C=O) groups excluding carboxylic acids is 2. The molecule has 0 aromatic heterocycles. The van der Waals surface area contributed by atoms with E-state index in [1.54, 1.807) is 18.2 Å². The highest BCUT2D eigenvalue weighted by atomic mass is 79.9. The van der Waals surface area contributed by atoms with E-state index in [1.807, 2.05) is 37.3 Å². The van der Waals surface area contributed by atoms with Crippen LogP contribution in [-0.2, 0) is 4.79 Å². The molecule has 1 N–H and O–H groups in total. The van der Waals surface area contributed by atoms with E-state index in [-0.39, 0.29) is 30.6 Å². The molecule has 0 aliphatic rings. The van der Waals surface area contributed by atoms with Gasteiger partial charge in [-0.2, -0.15) is 0 Å². The zero-order valence-electron chi connectivity index (χ0n) is 12.7. The van der Waals surface area contributed by atoms with Crippen molar-refractivity contribution >= 4 is 39.2 Å². The predicted octanol–water partition coefficient (Wildman–Crippen LogP) is 4.94. The van der Waals surface area contributed by atoms with E-state index in [0.29, 0.717) is 10.6 Å². The molecule has 1 unspecified atom stereocenters. The molecule has 1 atom stereocenters. The van der Waals surface area contributed by atoms with Gasteiger partial charge in [0.1, 0.15) is 0 Å². The first-order valence-electron chi connectivity index (χ1n) is 7.30. The van der Waals surface area contributed by atoms with Gasteiger partial charge in [0.25, 0.3) is 0 Å². The highest BCUT2D eigenvalue weighted by Crippen LogP contribution is 2.22. The van der Waals surface area contributed by atoms with Gasteiger partial charge in [-0.05, 0) is 30.7 Å². The normalized spacial score (nSPS) is 11.8. The molecule has 120 valence electrons. The summed E-state index contributed by atoms with van der Waals surface area (Å²) >= 11 is 9.44. The van der Waals surface area contributed by atoms with Gasteiger partial charge in [-0.25, -0.2) is 0 Å². The van der Waals surface area contributed by atoms with Crippen LogP contribution in [0.4, 0.5) is 0 Å². The first-order chi connectivity index (χ1) is 11.0. The van der Waals surface area contributed by atoms with E-state index >= 15 is 0 Å². The number of rotatable bonds is 6. The van der Waals surface area contributed by atoms with Gasteiger partial charge in [-0.3, -0.25) is 9.59 Å². The molecular weight excluding hydrogens is 378 g/mol. The molecule has 0 bridgehead atoms. The van der Waals surface area contributed by atoms with Crippen LogP contribution < -0.4 is 5.32 Å². The third-order valence-corrected chi connectivity index (χ3v) is 4.37. The van der Waals surface area contributed by atoms with Gasteiger partial charge in [-0.1, -0.05) is 57.9 Å². The second-order valence-corrected chi connectivity index (χ2v) is 6.56. The number of hydrogen-bond acceptors (Lipinski definition) is 2. The Morgan fingerprint density at radius 2 is 1.74 bits per heavy atom. The van der Waals surface area contributed by atoms with Crippen LogP contribution in [0.2, 0.25) is 5.02 Å². The number of benzene rings is 2. The SMILES string of the molecule is CC(NC(=O)CCC(=O)c1ccc(Br)cc1)c1ccccc1Cl. The van der Waals surface area contributed by atoms with Gasteiger partial charge in [0.15, 0.2) is 5.78 Å². The molecule has 23 heavy (non-hydrogen) atoms. The van der Waals surface area contributed by atoms with Crippen LogP contribution >= 0.6 is 27.5 Å². The Kier molecular flexibility index (Phi) is 6.37. The zero-order chi connectivity index (χ0) is 16.8. The Hall–Kier alpha value is -1.65. The maximum Gasteiger partial charge on any atom is 0.220 e. The van der Waals surface area contributed by atoms with Crippen molar-refractivity contribution in [3.63, 3.8) is 0 Å². The van der Waals surface area contributed by atoms with Crippen molar-refractivity contribution in [2.75, 3.05) is 0 Å². The molecular formula is C18H17BrClNO2. The Bertz CT molecular complexity index is 700. The highest BCUT2D eigenvalue weighted by Gasteiger charge is 2.14. The topological polar surface area (TPSA) is 46.2 Å². The summed E-state index contributed by atoms with van der Waals surface area (Å²) in [4.78, 5) is 24.1. The molecule has 0 aliphatic heterocycles. The number of Topliss-reactive ketones (excluding diaryl/α,β-unsaturated/α-hetero) is 1. The lowest BCUT2D eigenvalue weighted by atomic mass is 10.1. The van der Waals surface area contributed by atoms with E-state index in [1.165, 1.54) is 0 Å². The molecule has 0 saturated heterocycles. The summed E-state index contributed by atoms with van der Waals surface area (Å²) in [5.41, 5.74) is 1.47. The Morgan fingerprint density at radius 3 is 2.39 bits per heavy atom. The second-order valence-electron chi connectivity index (χ2n) is 5.24. The van der Waals surface area contributed by atoms with Crippen molar-refractivity contribution in [1.29, 1.82) is 0 Å². The molecule has 0 spiro atoms. The number of ketones is 1. The van der Waals surface area contributed by atoms with E-state index in [0.717, 1.165) is 10.0 Å². The summed E-state index contributed by atoms with van der Waals surface area (Å²) in [6, 6.07) is 14.3. The molecule has 0 heterocycles. The van der Waals surface area contributed by atoms with E-state index in [9.17, 15) is 9.59 Å². The largest absolute Gasteiger partial charge is 0.350 e. The summed E-state index contributed by atoms with van der Waals surface area (Å²) in [6.45, 7) is 1.87. The van der Waals surface area contributed by atoms with Gasteiger partial charge < -0.3 is 5.32 Å². The minimum atomic E-state index is -0.195. The minimum absolute atomic E-state index is 0.0435. The number of amides is 1. The Labute approximate surface area is 149 Å². The molecule has 5 heteroatoms. The Balaban J connectivity index is 1.86. The lowest BCUT2D eigenvalue weighted by Gasteiger charge is -2.15. The van der Waals surface area contributed by atoms with Crippen molar-refractivity contribution in [3.8, 4) is 0 Å². The van der Waals surface area contributed by atoms with Crippen molar-refractivity contribution in [2.24, 2.45) is 0 Å². The third kappa shape index (κ3) is 5.19. The first kappa shape index (κ1) is 17.7. The number of carbonyl (C=O) groups is 2. The van der Waals surface area contributed by atoms with Crippen molar-refractivity contribution in [2.45, 2.75) is 25.8 Å². The maximum absolute atomic E-state index is 12.1. The van der Waals surface area contributed by atoms with Crippen molar-refractivity contribution < 1.29 is 9.59 Å². The van der Waals surface area contributed by atoms with Gasteiger partial charge in [0.05, 0.1) is 6.04 Å². The number of hydrogen-bond donors (Lipinski definition) is 1. The molecule has 2 aromatic carbocycles. The zero-order valence-corrected chi connectivity index (χ0v) is 15.0. The Morgan fingerprint density at radius 1 is 1.09 bits per heavy atom. The standard InChI is InChI=1S/C18H17BrClNO2/c1-12(15-4-2-3-5-16(15)20)21-18(23)11-10-17(22)13-6-8-14(19)9-7-13/h2-9,12H,10-11H2,1H3,(H,21,23). The van der Waals surface area contributed by atoms with Crippen LogP contribution in [0.5, 0.6) is 0 Å².